The highest BCUT2D eigenvalue weighted by Crippen LogP contribution is 2.16. The number of hydrogen-bond donors (Lipinski definition) is 1. The van der Waals surface area contributed by atoms with Crippen molar-refractivity contribution in [2.45, 2.75) is 19.9 Å². The van der Waals surface area contributed by atoms with E-state index in [0.29, 0.717) is 42.7 Å². The van der Waals surface area contributed by atoms with Crippen molar-refractivity contribution in [3.8, 4) is 5.75 Å². The first-order valence-corrected chi connectivity index (χ1v) is 12.1. The van der Waals surface area contributed by atoms with Crippen LogP contribution in [0.25, 0.3) is 16.7 Å². The fraction of sp³-hybridized carbons (Fsp3) is 0.333. The summed E-state index contributed by atoms with van der Waals surface area (Å²) < 4.78 is 8.47. The van der Waals surface area contributed by atoms with Crippen molar-refractivity contribution in [1.82, 2.24) is 23.8 Å². The van der Waals surface area contributed by atoms with Gasteiger partial charge in [0.05, 0.1) is 18.1 Å². The van der Waals surface area contributed by atoms with E-state index in [1.54, 1.807) is 28.8 Å². The van der Waals surface area contributed by atoms with Crippen molar-refractivity contribution in [1.29, 1.82) is 5.41 Å². The minimum atomic E-state index is -0.246. The third-order valence-corrected chi connectivity index (χ3v) is 6.94. The molecule has 0 spiro atoms. The largest absolute Gasteiger partial charge is 0.497 e. The highest BCUT2D eigenvalue weighted by atomic mass is 16.5. The summed E-state index contributed by atoms with van der Waals surface area (Å²) >= 11 is 0. The van der Waals surface area contributed by atoms with Gasteiger partial charge in [-0.05, 0) is 55.8 Å². The van der Waals surface area contributed by atoms with Crippen LogP contribution in [0.3, 0.4) is 0 Å². The molecule has 0 saturated carbocycles. The average molecular weight is 487 g/mol. The van der Waals surface area contributed by atoms with E-state index in [9.17, 15) is 9.59 Å². The lowest BCUT2D eigenvalue weighted by Crippen LogP contribution is -2.48. The predicted octanol–water partition coefficient (Wildman–Crippen LogP) is 2.08. The van der Waals surface area contributed by atoms with Gasteiger partial charge in [-0.15, -0.1) is 0 Å². The van der Waals surface area contributed by atoms with E-state index in [4.69, 9.17) is 15.1 Å². The van der Waals surface area contributed by atoms with Gasteiger partial charge in [0.1, 0.15) is 22.5 Å². The summed E-state index contributed by atoms with van der Waals surface area (Å²) in [7, 11) is 3.66. The van der Waals surface area contributed by atoms with E-state index < -0.39 is 0 Å². The second kappa shape index (κ2) is 9.58. The third-order valence-electron chi connectivity index (χ3n) is 6.94. The molecule has 0 aliphatic carbocycles. The van der Waals surface area contributed by atoms with Crippen LogP contribution in [-0.2, 0) is 13.0 Å². The van der Waals surface area contributed by atoms with Gasteiger partial charge >= 0.3 is 0 Å². The zero-order valence-electron chi connectivity index (χ0n) is 20.8. The molecule has 9 heteroatoms. The lowest BCUT2D eigenvalue weighted by Gasteiger charge is -2.32. The number of carbonyl (C=O) groups excluding carboxylic acids is 1. The van der Waals surface area contributed by atoms with E-state index in [2.05, 4.69) is 4.90 Å². The number of rotatable bonds is 5. The van der Waals surface area contributed by atoms with Gasteiger partial charge in [0.2, 0.25) is 0 Å². The molecule has 0 radical (unpaired) electrons. The smallest absolute Gasteiger partial charge is 0.267 e. The number of carbonyl (C=O) groups is 1. The molecule has 0 bridgehead atoms. The molecule has 9 nitrogen and oxygen atoms in total. The molecular formula is C27H30N6O3. The summed E-state index contributed by atoms with van der Waals surface area (Å²) in [4.78, 5) is 35.8. The normalized spacial score (nSPS) is 14.5. The van der Waals surface area contributed by atoms with Crippen molar-refractivity contribution in [2.75, 3.05) is 40.3 Å². The maximum Gasteiger partial charge on any atom is 0.267 e. The molecule has 1 fully saturated rings. The van der Waals surface area contributed by atoms with Gasteiger partial charge in [0, 0.05) is 38.9 Å². The number of aryl methyl sites for hydroxylation is 3. The number of benzene rings is 1. The Morgan fingerprint density at radius 2 is 1.81 bits per heavy atom. The predicted molar refractivity (Wildman–Crippen MR) is 138 cm³/mol. The van der Waals surface area contributed by atoms with Gasteiger partial charge in [-0.2, -0.15) is 0 Å². The van der Waals surface area contributed by atoms with Crippen LogP contribution in [0.1, 0.15) is 21.5 Å². The number of methoxy groups -OCH3 is 1. The fourth-order valence-electron chi connectivity index (χ4n) is 4.69. The molecule has 0 atom stereocenters. The third kappa shape index (κ3) is 4.26. The van der Waals surface area contributed by atoms with Crippen molar-refractivity contribution in [2.24, 2.45) is 0 Å². The minimum absolute atomic E-state index is 0.0739. The number of nitrogens with one attached hydrogen (secondary N) is 1. The summed E-state index contributed by atoms with van der Waals surface area (Å²) in [6.07, 6.45) is 2.30. The Bertz CT molecular complexity index is 1560. The Balaban J connectivity index is 1.65. The SMILES string of the molecule is COc1ccc(CCn2c(=N)c(C(=O)N3CCN(C)CC3)cc3c(=O)n4cccc(C)c4nc32)cc1. The van der Waals surface area contributed by atoms with E-state index in [1.807, 2.05) is 50.4 Å². The monoisotopic (exact) mass is 486 g/mol. The van der Waals surface area contributed by atoms with Gasteiger partial charge in [0.15, 0.2) is 0 Å². The van der Waals surface area contributed by atoms with E-state index in [1.165, 1.54) is 4.40 Å². The molecule has 186 valence electrons. The Morgan fingerprint density at radius 1 is 1.08 bits per heavy atom. The Labute approximate surface area is 208 Å². The second-order valence-electron chi connectivity index (χ2n) is 9.29. The van der Waals surface area contributed by atoms with Crippen LogP contribution in [0.15, 0.2) is 53.5 Å². The summed E-state index contributed by atoms with van der Waals surface area (Å²) in [5.41, 5.74) is 2.94. The maximum atomic E-state index is 13.5. The number of hydrogen-bond acceptors (Lipinski definition) is 6. The van der Waals surface area contributed by atoms with Gasteiger partial charge in [-0.1, -0.05) is 18.2 Å². The molecule has 1 saturated heterocycles. The van der Waals surface area contributed by atoms with Crippen molar-refractivity contribution in [3.63, 3.8) is 0 Å². The number of amides is 1. The molecular weight excluding hydrogens is 456 g/mol. The first-order chi connectivity index (χ1) is 17.4. The molecule has 0 unspecified atom stereocenters. The second-order valence-corrected chi connectivity index (χ2v) is 9.29. The van der Waals surface area contributed by atoms with Crippen LogP contribution in [0, 0.1) is 12.3 Å². The van der Waals surface area contributed by atoms with E-state index >= 15 is 0 Å². The summed E-state index contributed by atoms with van der Waals surface area (Å²) in [6.45, 7) is 5.04. The van der Waals surface area contributed by atoms with Crippen LogP contribution in [0.2, 0.25) is 0 Å². The Hall–Kier alpha value is -3.98. The average Bonchev–Trinajstić information content (AvgIpc) is 2.89. The molecule has 1 N–H and O–H groups in total. The first-order valence-electron chi connectivity index (χ1n) is 12.1. The number of fused-ring (bicyclic) bond motifs is 2. The lowest BCUT2D eigenvalue weighted by molar-refractivity contribution is 0.0661. The van der Waals surface area contributed by atoms with Crippen LogP contribution in [0.5, 0.6) is 5.75 Å². The Kier molecular flexibility index (Phi) is 6.32. The lowest BCUT2D eigenvalue weighted by atomic mass is 10.1. The standard InChI is InChI=1S/C27H30N6O3/c1-18-5-4-11-33-24(18)29-25-22(27(33)35)17-21(26(34)31-15-13-30(2)14-16-31)23(28)32(25)12-10-19-6-8-20(36-3)9-7-19/h4-9,11,17,28H,10,12-16H2,1-3H3. The molecule has 5 rings (SSSR count). The van der Waals surface area contributed by atoms with Crippen LogP contribution in [0.4, 0.5) is 0 Å². The number of nitrogens with zero attached hydrogens (tertiary/aromatic N) is 5. The van der Waals surface area contributed by atoms with Crippen molar-refractivity contribution < 1.29 is 9.53 Å². The Morgan fingerprint density at radius 3 is 2.50 bits per heavy atom. The maximum absolute atomic E-state index is 13.5. The molecule has 1 aliphatic rings. The minimum Gasteiger partial charge on any atom is -0.497 e. The first kappa shape index (κ1) is 23.7. The number of ether oxygens (including phenoxy) is 1. The number of likely N-dealkylation sites (N-methyl/N-ethyl adjacent to an activating group) is 1. The molecule has 4 aromatic rings. The van der Waals surface area contributed by atoms with Gasteiger partial charge in [0.25, 0.3) is 11.5 Å². The molecule has 36 heavy (non-hydrogen) atoms. The van der Waals surface area contributed by atoms with Crippen molar-refractivity contribution in [3.05, 3.63) is 81.2 Å². The van der Waals surface area contributed by atoms with Crippen molar-refractivity contribution >= 4 is 22.6 Å². The van der Waals surface area contributed by atoms with Gasteiger partial charge in [-0.25, -0.2) is 4.98 Å². The number of piperazine rings is 1. The van der Waals surface area contributed by atoms with Gasteiger partial charge in [-0.3, -0.25) is 19.4 Å². The zero-order chi connectivity index (χ0) is 25.4. The van der Waals surface area contributed by atoms with Crippen LogP contribution >= 0.6 is 0 Å². The van der Waals surface area contributed by atoms with E-state index in [-0.39, 0.29) is 22.5 Å². The quantitative estimate of drug-likeness (QED) is 0.436. The highest BCUT2D eigenvalue weighted by Gasteiger charge is 2.24. The topological polar surface area (TPSA) is 95.9 Å². The summed E-state index contributed by atoms with van der Waals surface area (Å²) in [5.74, 6) is 0.552. The molecule has 1 aromatic carbocycles. The summed E-state index contributed by atoms with van der Waals surface area (Å²) in [5, 5.41) is 9.35. The van der Waals surface area contributed by atoms with E-state index in [0.717, 1.165) is 30.0 Å². The number of aromatic nitrogens is 3. The zero-order valence-corrected chi connectivity index (χ0v) is 20.8. The molecule has 1 aliphatic heterocycles. The number of pyridine rings is 2. The molecule has 4 heterocycles. The molecule has 1 amide bonds. The summed E-state index contributed by atoms with van der Waals surface area (Å²) in [6, 6.07) is 13.0. The van der Waals surface area contributed by atoms with Crippen LogP contribution < -0.4 is 15.8 Å². The highest BCUT2D eigenvalue weighted by molar-refractivity contribution is 5.97. The van der Waals surface area contributed by atoms with Crippen LogP contribution in [-0.4, -0.2) is 70.0 Å². The molecule has 3 aromatic heterocycles. The van der Waals surface area contributed by atoms with Gasteiger partial charge < -0.3 is 19.1 Å². The fourth-order valence-corrected chi connectivity index (χ4v) is 4.69.